The molecule has 0 aromatic heterocycles. The molecular weight excluding hydrogens is 224 g/mol. The zero-order valence-electron chi connectivity index (χ0n) is 11.3. The highest BCUT2D eigenvalue weighted by Crippen LogP contribution is 2.20. The van der Waals surface area contributed by atoms with E-state index in [0.717, 1.165) is 38.4 Å². The molecule has 1 aliphatic heterocycles. The van der Waals surface area contributed by atoms with Gasteiger partial charge in [-0.25, -0.2) is 0 Å². The maximum atomic E-state index is 5.72. The van der Waals surface area contributed by atoms with Crippen molar-refractivity contribution in [2.45, 2.75) is 26.3 Å². The number of ether oxygens (including phenoxy) is 1. The summed E-state index contributed by atoms with van der Waals surface area (Å²) < 4.78 is 5.66. The van der Waals surface area contributed by atoms with E-state index in [1.54, 1.807) is 0 Å². The molecule has 1 saturated heterocycles. The van der Waals surface area contributed by atoms with E-state index in [-0.39, 0.29) is 0 Å². The second-order valence-corrected chi connectivity index (χ2v) is 5.12. The van der Waals surface area contributed by atoms with Gasteiger partial charge in [0.1, 0.15) is 5.75 Å². The van der Waals surface area contributed by atoms with E-state index in [9.17, 15) is 0 Å². The highest BCUT2D eigenvalue weighted by Gasteiger charge is 2.20. The average molecular weight is 248 g/mol. The molecule has 0 saturated carbocycles. The van der Waals surface area contributed by atoms with E-state index in [0.29, 0.717) is 5.92 Å². The Labute approximate surface area is 110 Å². The lowest BCUT2D eigenvalue weighted by atomic mass is 10.1. The number of likely N-dealkylation sites (tertiary alicyclic amines) is 1. The van der Waals surface area contributed by atoms with Gasteiger partial charge in [-0.1, -0.05) is 19.1 Å². The maximum absolute atomic E-state index is 5.72. The highest BCUT2D eigenvalue weighted by atomic mass is 16.5. The topological polar surface area (TPSA) is 38.5 Å². The molecule has 0 bridgehead atoms. The lowest BCUT2D eigenvalue weighted by Crippen LogP contribution is -2.22. The number of hydrogen-bond donors (Lipinski definition) is 1. The quantitative estimate of drug-likeness (QED) is 0.839. The van der Waals surface area contributed by atoms with Crippen LogP contribution in [0.25, 0.3) is 0 Å². The van der Waals surface area contributed by atoms with Crippen LogP contribution in [0.4, 0.5) is 0 Å². The molecule has 100 valence electrons. The fraction of sp³-hybridized carbons (Fsp3) is 0.600. The van der Waals surface area contributed by atoms with Crippen LogP contribution in [0.15, 0.2) is 24.3 Å². The van der Waals surface area contributed by atoms with Gasteiger partial charge in [-0.2, -0.15) is 0 Å². The van der Waals surface area contributed by atoms with Crippen molar-refractivity contribution in [3.63, 3.8) is 0 Å². The van der Waals surface area contributed by atoms with Gasteiger partial charge in [0.05, 0.1) is 6.61 Å². The molecule has 2 rings (SSSR count). The summed E-state index contributed by atoms with van der Waals surface area (Å²) in [4.78, 5) is 2.48. The minimum absolute atomic E-state index is 0.685. The number of benzene rings is 1. The van der Waals surface area contributed by atoms with Gasteiger partial charge in [0.25, 0.3) is 0 Å². The van der Waals surface area contributed by atoms with Crippen LogP contribution < -0.4 is 10.5 Å². The molecular formula is C15H24N2O. The Kier molecular flexibility index (Phi) is 5.02. The lowest BCUT2D eigenvalue weighted by molar-refractivity contribution is 0.308. The Hall–Kier alpha value is -1.06. The van der Waals surface area contributed by atoms with E-state index in [1.807, 2.05) is 6.07 Å². The fourth-order valence-corrected chi connectivity index (χ4v) is 2.46. The summed E-state index contributed by atoms with van der Waals surface area (Å²) in [6, 6.07) is 8.45. The Morgan fingerprint density at radius 2 is 2.33 bits per heavy atom. The minimum atomic E-state index is 0.685. The zero-order chi connectivity index (χ0) is 12.8. The van der Waals surface area contributed by atoms with Crippen molar-refractivity contribution < 1.29 is 4.74 Å². The summed E-state index contributed by atoms with van der Waals surface area (Å²) in [5, 5.41) is 0. The van der Waals surface area contributed by atoms with Crippen LogP contribution in [0.1, 0.15) is 25.3 Å². The van der Waals surface area contributed by atoms with Gasteiger partial charge >= 0.3 is 0 Å². The van der Waals surface area contributed by atoms with Crippen LogP contribution in [-0.2, 0) is 6.54 Å². The molecule has 0 amide bonds. The first-order valence-electron chi connectivity index (χ1n) is 6.96. The highest BCUT2D eigenvalue weighted by molar-refractivity contribution is 5.28. The maximum Gasteiger partial charge on any atom is 0.119 e. The second-order valence-electron chi connectivity index (χ2n) is 5.12. The third-order valence-electron chi connectivity index (χ3n) is 3.48. The molecule has 2 N–H and O–H groups in total. The smallest absolute Gasteiger partial charge is 0.119 e. The molecule has 3 nitrogen and oxygen atoms in total. The molecule has 1 aromatic rings. The minimum Gasteiger partial charge on any atom is -0.494 e. The summed E-state index contributed by atoms with van der Waals surface area (Å²) in [6.45, 7) is 7.05. The van der Waals surface area contributed by atoms with Crippen molar-refractivity contribution in [2.75, 3.05) is 26.2 Å². The van der Waals surface area contributed by atoms with E-state index in [2.05, 4.69) is 30.0 Å². The van der Waals surface area contributed by atoms with Gasteiger partial charge < -0.3 is 10.5 Å². The SMILES string of the molecule is CCCOc1cccc(CN2CCC(CN)C2)c1. The largest absolute Gasteiger partial charge is 0.494 e. The average Bonchev–Trinajstić information content (AvgIpc) is 2.84. The van der Waals surface area contributed by atoms with Gasteiger partial charge in [0, 0.05) is 13.1 Å². The molecule has 0 radical (unpaired) electrons. The van der Waals surface area contributed by atoms with E-state index >= 15 is 0 Å². The Morgan fingerprint density at radius 3 is 3.06 bits per heavy atom. The van der Waals surface area contributed by atoms with Gasteiger partial charge in [-0.3, -0.25) is 4.90 Å². The van der Waals surface area contributed by atoms with Crippen molar-refractivity contribution >= 4 is 0 Å². The standard InChI is InChI=1S/C15H24N2O/c1-2-8-18-15-5-3-4-13(9-15)11-17-7-6-14(10-16)12-17/h3-5,9,14H,2,6-8,10-12,16H2,1H3. The van der Waals surface area contributed by atoms with Crippen LogP contribution in [0.3, 0.4) is 0 Å². The zero-order valence-corrected chi connectivity index (χ0v) is 11.3. The summed E-state index contributed by atoms with van der Waals surface area (Å²) in [6.07, 6.45) is 2.29. The summed E-state index contributed by atoms with van der Waals surface area (Å²) >= 11 is 0. The van der Waals surface area contributed by atoms with Crippen LogP contribution in [0.5, 0.6) is 5.75 Å². The normalized spacial score (nSPS) is 20.2. The monoisotopic (exact) mass is 248 g/mol. The first-order valence-corrected chi connectivity index (χ1v) is 6.96. The van der Waals surface area contributed by atoms with Gasteiger partial charge in [0.2, 0.25) is 0 Å². The molecule has 1 aliphatic rings. The van der Waals surface area contributed by atoms with E-state index < -0.39 is 0 Å². The molecule has 1 aromatic carbocycles. The number of rotatable bonds is 6. The Morgan fingerprint density at radius 1 is 1.44 bits per heavy atom. The second kappa shape index (κ2) is 6.76. The molecule has 18 heavy (non-hydrogen) atoms. The molecule has 1 atom stereocenters. The van der Waals surface area contributed by atoms with E-state index in [1.165, 1.54) is 18.5 Å². The fourth-order valence-electron chi connectivity index (χ4n) is 2.46. The molecule has 3 heteroatoms. The lowest BCUT2D eigenvalue weighted by Gasteiger charge is -2.16. The number of hydrogen-bond acceptors (Lipinski definition) is 3. The van der Waals surface area contributed by atoms with Gasteiger partial charge in [-0.05, 0) is 49.5 Å². The summed E-state index contributed by atoms with van der Waals surface area (Å²) in [7, 11) is 0. The third kappa shape index (κ3) is 3.72. The molecule has 0 aliphatic carbocycles. The van der Waals surface area contributed by atoms with Crippen LogP contribution >= 0.6 is 0 Å². The molecule has 1 unspecified atom stereocenters. The van der Waals surface area contributed by atoms with E-state index in [4.69, 9.17) is 10.5 Å². The van der Waals surface area contributed by atoms with Crippen molar-refractivity contribution in [3.8, 4) is 5.75 Å². The van der Waals surface area contributed by atoms with Crippen LogP contribution in [0, 0.1) is 5.92 Å². The first-order chi connectivity index (χ1) is 8.81. The van der Waals surface area contributed by atoms with Gasteiger partial charge in [0.15, 0.2) is 0 Å². The Balaban J connectivity index is 1.89. The van der Waals surface area contributed by atoms with Crippen LogP contribution in [0.2, 0.25) is 0 Å². The first kappa shape index (κ1) is 13.4. The summed E-state index contributed by atoms with van der Waals surface area (Å²) in [5.41, 5.74) is 7.06. The predicted molar refractivity (Wildman–Crippen MR) is 74.7 cm³/mol. The third-order valence-corrected chi connectivity index (χ3v) is 3.48. The molecule has 1 fully saturated rings. The number of nitrogens with zero attached hydrogens (tertiary/aromatic N) is 1. The van der Waals surface area contributed by atoms with Crippen molar-refractivity contribution in [1.82, 2.24) is 4.90 Å². The van der Waals surface area contributed by atoms with Crippen molar-refractivity contribution in [2.24, 2.45) is 11.7 Å². The predicted octanol–water partition coefficient (Wildman–Crippen LogP) is 2.26. The van der Waals surface area contributed by atoms with Crippen LogP contribution in [-0.4, -0.2) is 31.1 Å². The summed E-state index contributed by atoms with van der Waals surface area (Å²) in [5.74, 6) is 1.67. The molecule has 1 heterocycles. The molecule has 0 spiro atoms. The Bertz CT molecular complexity index is 367. The number of nitrogens with two attached hydrogens (primary N) is 1. The van der Waals surface area contributed by atoms with Crippen molar-refractivity contribution in [1.29, 1.82) is 0 Å². The van der Waals surface area contributed by atoms with Gasteiger partial charge in [-0.15, -0.1) is 0 Å². The van der Waals surface area contributed by atoms with Crippen molar-refractivity contribution in [3.05, 3.63) is 29.8 Å².